The molecule has 26 heavy (non-hydrogen) atoms. The molecule has 142 valence electrons. The first kappa shape index (κ1) is 20.2. The van der Waals surface area contributed by atoms with Gasteiger partial charge in [-0.2, -0.15) is 0 Å². The van der Waals surface area contributed by atoms with Crippen LogP contribution in [0.5, 0.6) is 5.75 Å². The van der Waals surface area contributed by atoms with Crippen molar-refractivity contribution in [1.29, 1.82) is 0 Å². The number of aliphatic hydroxyl groups is 1. The van der Waals surface area contributed by atoms with E-state index in [2.05, 4.69) is 23.6 Å². The second-order valence-electron chi connectivity index (χ2n) is 6.34. The Kier molecular flexibility index (Phi) is 7.88. The predicted molar refractivity (Wildman–Crippen MR) is 104 cm³/mol. The molecule has 0 saturated carbocycles. The van der Waals surface area contributed by atoms with E-state index < -0.39 is 6.10 Å². The highest BCUT2D eigenvalue weighted by Gasteiger charge is 2.15. The van der Waals surface area contributed by atoms with Crippen LogP contribution in [0.15, 0.2) is 48.5 Å². The molecule has 2 aromatic rings. The molecule has 0 radical (unpaired) electrons. The van der Waals surface area contributed by atoms with Gasteiger partial charge in [0.2, 0.25) is 0 Å². The van der Waals surface area contributed by atoms with Crippen molar-refractivity contribution in [2.45, 2.75) is 26.5 Å². The third-order valence-electron chi connectivity index (χ3n) is 4.52. The quantitative estimate of drug-likeness (QED) is 0.703. The summed E-state index contributed by atoms with van der Waals surface area (Å²) in [5.41, 5.74) is 1.99. The van der Waals surface area contributed by atoms with E-state index in [4.69, 9.17) is 4.74 Å². The van der Waals surface area contributed by atoms with Gasteiger partial charge in [0.25, 0.3) is 0 Å². The van der Waals surface area contributed by atoms with Crippen LogP contribution in [0.3, 0.4) is 0 Å². The predicted octanol–water partition coefficient (Wildman–Crippen LogP) is 3.54. The number of aliphatic hydroxyl groups excluding tert-OH is 1. The summed E-state index contributed by atoms with van der Waals surface area (Å²) in [5, 5.41) is 10.6. The largest absolute Gasteiger partial charge is 0.497 e. The summed E-state index contributed by atoms with van der Waals surface area (Å²) in [4.78, 5) is 4.32. The molecular formula is C21H29FN2O2. The minimum atomic E-state index is -0.475. The molecule has 0 aliphatic heterocycles. The maximum absolute atomic E-state index is 13.2. The first-order valence-corrected chi connectivity index (χ1v) is 9.09. The third-order valence-corrected chi connectivity index (χ3v) is 4.52. The fourth-order valence-electron chi connectivity index (χ4n) is 2.96. The Balaban J connectivity index is 2.15. The van der Waals surface area contributed by atoms with Gasteiger partial charge >= 0.3 is 0 Å². The van der Waals surface area contributed by atoms with Crippen LogP contribution in [0, 0.1) is 5.82 Å². The van der Waals surface area contributed by atoms with Gasteiger partial charge in [-0.1, -0.05) is 26.0 Å². The smallest absolute Gasteiger partial charge is 0.123 e. The maximum Gasteiger partial charge on any atom is 0.123 e. The Morgan fingerprint density at radius 3 is 2.12 bits per heavy atom. The van der Waals surface area contributed by atoms with Gasteiger partial charge in [-0.15, -0.1) is 0 Å². The lowest BCUT2D eigenvalue weighted by Crippen LogP contribution is -2.40. The van der Waals surface area contributed by atoms with Crippen molar-refractivity contribution in [3.05, 3.63) is 59.9 Å². The van der Waals surface area contributed by atoms with E-state index in [9.17, 15) is 9.50 Å². The van der Waals surface area contributed by atoms with E-state index >= 15 is 0 Å². The van der Waals surface area contributed by atoms with Gasteiger partial charge in [0, 0.05) is 25.3 Å². The summed E-state index contributed by atoms with van der Waals surface area (Å²) < 4.78 is 18.4. The molecule has 0 fully saturated rings. The molecule has 1 atom stereocenters. The van der Waals surface area contributed by atoms with Crippen molar-refractivity contribution < 1.29 is 14.2 Å². The molecule has 0 saturated heterocycles. The molecular weight excluding hydrogens is 331 g/mol. The van der Waals surface area contributed by atoms with Crippen molar-refractivity contribution in [3.63, 3.8) is 0 Å². The van der Waals surface area contributed by atoms with Crippen LogP contribution >= 0.6 is 0 Å². The summed E-state index contributed by atoms with van der Waals surface area (Å²) in [6.07, 6.45) is -0.475. The Morgan fingerprint density at radius 2 is 1.58 bits per heavy atom. The van der Waals surface area contributed by atoms with Crippen molar-refractivity contribution in [2.24, 2.45) is 0 Å². The second-order valence-corrected chi connectivity index (χ2v) is 6.34. The number of rotatable bonds is 10. The summed E-state index contributed by atoms with van der Waals surface area (Å²) in [5.74, 6) is 0.547. The zero-order valence-corrected chi connectivity index (χ0v) is 15.9. The minimum Gasteiger partial charge on any atom is -0.497 e. The van der Waals surface area contributed by atoms with Crippen LogP contribution in [0.25, 0.3) is 0 Å². The Morgan fingerprint density at radius 1 is 0.962 bits per heavy atom. The number of likely N-dealkylation sites (N-methyl/N-ethyl adjacent to an activating group) is 1. The second kappa shape index (κ2) is 10.1. The summed E-state index contributed by atoms with van der Waals surface area (Å²) in [6.45, 7) is 7.74. The number of nitrogens with zero attached hydrogens (tertiary/aromatic N) is 2. The molecule has 0 aromatic heterocycles. The van der Waals surface area contributed by atoms with E-state index in [0.717, 1.165) is 30.1 Å². The van der Waals surface area contributed by atoms with Crippen LogP contribution < -0.4 is 9.64 Å². The van der Waals surface area contributed by atoms with E-state index in [0.29, 0.717) is 19.6 Å². The Bertz CT molecular complexity index is 642. The molecule has 4 nitrogen and oxygen atoms in total. The van der Waals surface area contributed by atoms with Crippen LogP contribution in [0.1, 0.15) is 19.4 Å². The molecule has 0 aliphatic carbocycles. The lowest BCUT2D eigenvalue weighted by atomic mass is 10.1. The van der Waals surface area contributed by atoms with Crippen LogP contribution in [-0.2, 0) is 6.54 Å². The fourth-order valence-corrected chi connectivity index (χ4v) is 2.96. The number of ether oxygens (including phenoxy) is 1. The molecule has 2 aromatic carbocycles. The summed E-state index contributed by atoms with van der Waals surface area (Å²) in [7, 11) is 1.64. The van der Waals surface area contributed by atoms with Crippen LogP contribution in [-0.4, -0.2) is 49.4 Å². The number of halogens is 1. The summed E-state index contributed by atoms with van der Waals surface area (Å²) in [6, 6.07) is 14.3. The molecule has 1 unspecified atom stereocenters. The SMILES string of the molecule is CCN(CC)CC(O)CN(Cc1ccc(F)cc1)c1ccc(OC)cc1. The number of methoxy groups -OCH3 is 1. The van der Waals surface area contributed by atoms with Gasteiger partial charge in [-0.05, 0) is 55.1 Å². The highest BCUT2D eigenvalue weighted by Crippen LogP contribution is 2.22. The summed E-state index contributed by atoms with van der Waals surface area (Å²) >= 11 is 0. The highest BCUT2D eigenvalue weighted by atomic mass is 19.1. The van der Waals surface area contributed by atoms with Crippen molar-refractivity contribution >= 4 is 5.69 Å². The van der Waals surface area contributed by atoms with Gasteiger partial charge in [0.15, 0.2) is 0 Å². The lowest BCUT2D eigenvalue weighted by Gasteiger charge is -2.30. The normalized spacial score (nSPS) is 12.2. The molecule has 0 heterocycles. The molecule has 0 spiro atoms. The Hall–Kier alpha value is -2.11. The van der Waals surface area contributed by atoms with Gasteiger partial charge in [-0.3, -0.25) is 0 Å². The first-order chi connectivity index (χ1) is 12.5. The number of hydrogen-bond acceptors (Lipinski definition) is 4. The van der Waals surface area contributed by atoms with Crippen molar-refractivity contribution in [1.82, 2.24) is 4.90 Å². The molecule has 1 N–H and O–H groups in total. The Labute approximate surface area is 155 Å². The van der Waals surface area contributed by atoms with Gasteiger partial charge < -0.3 is 19.6 Å². The molecule has 0 bridgehead atoms. The maximum atomic E-state index is 13.2. The molecule has 0 aliphatic rings. The molecule has 5 heteroatoms. The first-order valence-electron chi connectivity index (χ1n) is 9.09. The molecule has 0 amide bonds. The van der Waals surface area contributed by atoms with E-state index in [-0.39, 0.29) is 5.82 Å². The standard InChI is InChI=1S/C21H29FN2O2/c1-4-23(5-2)15-20(25)16-24(14-17-6-8-18(22)9-7-17)19-10-12-21(26-3)13-11-19/h6-13,20,25H,4-5,14-16H2,1-3H3. The number of anilines is 1. The van der Waals surface area contributed by atoms with Crippen LogP contribution in [0.2, 0.25) is 0 Å². The number of hydrogen-bond donors (Lipinski definition) is 1. The van der Waals surface area contributed by atoms with Crippen molar-refractivity contribution in [2.75, 3.05) is 38.2 Å². The van der Waals surface area contributed by atoms with E-state index in [1.807, 2.05) is 24.3 Å². The topological polar surface area (TPSA) is 35.9 Å². The average molecular weight is 360 g/mol. The fraction of sp³-hybridized carbons (Fsp3) is 0.429. The highest BCUT2D eigenvalue weighted by molar-refractivity contribution is 5.49. The van der Waals surface area contributed by atoms with Gasteiger partial charge in [0.1, 0.15) is 11.6 Å². The minimum absolute atomic E-state index is 0.244. The van der Waals surface area contributed by atoms with E-state index in [1.165, 1.54) is 12.1 Å². The zero-order valence-electron chi connectivity index (χ0n) is 15.9. The zero-order chi connectivity index (χ0) is 18.9. The molecule has 2 rings (SSSR count). The van der Waals surface area contributed by atoms with Gasteiger partial charge in [-0.25, -0.2) is 4.39 Å². The van der Waals surface area contributed by atoms with E-state index in [1.54, 1.807) is 19.2 Å². The third kappa shape index (κ3) is 6.00. The number of benzene rings is 2. The monoisotopic (exact) mass is 360 g/mol. The van der Waals surface area contributed by atoms with Gasteiger partial charge in [0.05, 0.1) is 13.2 Å². The van der Waals surface area contributed by atoms with Crippen molar-refractivity contribution in [3.8, 4) is 5.75 Å². The lowest BCUT2D eigenvalue weighted by molar-refractivity contribution is 0.122. The average Bonchev–Trinajstić information content (AvgIpc) is 2.67. The van der Waals surface area contributed by atoms with Crippen LogP contribution in [0.4, 0.5) is 10.1 Å².